The molecule has 0 saturated heterocycles. The molecule has 0 aliphatic carbocycles. The van der Waals surface area contributed by atoms with Crippen molar-refractivity contribution in [3.05, 3.63) is 29.3 Å². The monoisotopic (exact) mass is 232 g/mol. The Morgan fingerprint density at radius 2 is 2.24 bits per heavy atom. The first-order chi connectivity index (χ1) is 8.03. The lowest BCUT2D eigenvalue weighted by Crippen LogP contribution is -2.33. The number of ether oxygens (including phenoxy) is 1. The molecule has 1 aromatic rings. The Hall–Kier alpha value is -1.31. The topological polar surface area (TPSA) is 26.3 Å². The number of benzene rings is 1. The van der Waals surface area contributed by atoms with Crippen molar-refractivity contribution in [2.24, 2.45) is 0 Å². The molecule has 2 heteroatoms. The standard InChI is InChI=1S/C15H20O2/c1-11(8-10-16)13-6-4-5-12-7-9-15(2,3)17-14(12)13/h4-6,10-11H,7-9H2,1-3H3. The minimum absolute atomic E-state index is 0.0933. The van der Waals surface area contributed by atoms with Gasteiger partial charge in [-0.25, -0.2) is 0 Å². The van der Waals surface area contributed by atoms with Gasteiger partial charge in [0.05, 0.1) is 0 Å². The Labute approximate surface area is 103 Å². The van der Waals surface area contributed by atoms with Crippen molar-refractivity contribution in [3.63, 3.8) is 0 Å². The Morgan fingerprint density at radius 3 is 2.94 bits per heavy atom. The predicted molar refractivity (Wildman–Crippen MR) is 68.6 cm³/mol. The molecule has 1 aliphatic heterocycles. The van der Waals surface area contributed by atoms with Crippen molar-refractivity contribution in [2.75, 3.05) is 0 Å². The molecule has 1 atom stereocenters. The zero-order valence-electron chi connectivity index (χ0n) is 10.8. The number of rotatable bonds is 3. The van der Waals surface area contributed by atoms with Gasteiger partial charge in [-0.1, -0.05) is 25.1 Å². The summed E-state index contributed by atoms with van der Waals surface area (Å²) in [5, 5.41) is 0. The fourth-order valence-corrected chi connectivity index (χ4v) is 2.35. The fraction of sp³-hybridized carbons (Fsp3) is 0.533. The van der Waals surface area contributed by atoms with Crippen LogP contribution in [0.25, 0.3) is 0 Å². The van der Waals surface area contributed by atoms with Crippen LogP contribution in [0, 0.1) is 0 Å². The summed E-state index contributed by atoms with van der Waals surface area (Å²) in [6.45, 7) is 6.32. The Kier molecular flexibility index (Phi) is 3.23. The Morgan fingerprint density at radius 1 is 1.47 bits per heavy atom. The van der Waals surface area contributed by atoms with E-state index in [2.05, 4.69) is 39.0 Å². The summed E-state index contributed by atoms with van der Waals surface area (Å²) >= 11 is 0. The van der Waals surface area contributed by atoms with Crippen molar-refractivity contribution in [1.29, 1.82) is 0 Å². The fourth-order valence-electron chi connectivity index (χ4n) is 2.35. The number of aldehydes is 1. The van der Waals surface area contributed by atoms with Gasteiger partial charge in [-0.05, 0) is 43.7 Å². The summed E-state index contributed by atoms with van der Waals surface area (Å²) < 4.78 is 6.10. The quantitative estimate of drug-likeness (QED) is 0.746. The van der Waals surface area contributed by atoms with Crippen LogP contribution in [-0.4, -0.2) is 11.9 Å². The molecule has 2 nitrogen and oxygen atoms in total. The van der Waals surface area contributed by atoms with Crippen LogP contribution < -0.4 is 4.74 Å². The smallest absolute Gasteiger partial charge is 0.126 e. The highest BCUT2D eigenvalue weighted by Gasteiger charge is 2.28. The van der Waals surface area contributed by atoms with E-state index in [0.29, 0.717) is 6.42 Å². The van der Waals surface area contributed by atoms with Crippen molar-refractivity contribution in [2.45, 2.75) is 51.6 Å². The van der Waals surface area contributed by atoms with E-state index < -0.39 is 0 Å². The summed E-state index contributed by atoms with van der Waals surface area (Å²) in [7, 11) is 0. The first kappa shape index (κ1) is 12.2. The molecule has 1 aromatic carbocycles. The second-order valence-electron chi connectivity index (χ2n) is 5.50. The maximum absolute atomic E-state index is 10.6. The first-order valence-corrected chi connectivity index (χ1v) is 6.28. The van der Waals surface area contributed by atoms with Gasteiger partial charge < -0.3 is 9.53 Å². The minimum atomic E-state index is -0.0933. The van der Waals surface area contributed by atoms with Gasteiger partial charge in [0, 0.05) is 6.42 Å². The van der Waals surface area contributed by atoms with Crippen molar-refractivity contribution in [1.82, 2.24) is 0 Å². The van der Waals surface area contributed by atoms with E-state index in [-0.39, 0.29) is 11.5 Å². The van der Waals surface area contributed by atoms with Gasteiger partial charge in [0.1, 0.15) is 17.6 Å². The molecule has 0 bridgehead atoms. The molecule has 17 heavy (non-hydrogen) atoms. The molecule has 1 heterocycles. The maximum Gasteiger partial charge on any atom is 0.126 e. The second kappa shape index (κ2) is 4.52. The highest BCUT2D eigenvalue weighted by atomic mass is 16.5. The molecule has 92 valence electrons. The van der Waals surface area contributed by atoms with Crippen LogP contribution in [0.15, 0.2) is 18.2 Å². The number of para-hydroxylation sites is 1. The van der Waals surface area contributed by atoms with Gasteiger partial charge in [-0.3, -0.25) is 0 Å². The lowest BCUT2D eigenvalue weighted by molar-refractivity contribution is -0.108. The highest BCUT2D eigenvalue weighted by Crippen LogP contribution is 2.39. The van der Waals surface area contributed by atoms with Crippen molar-refractivity contribution < 1.29 is 9.53 Å². The van der Waals surface area contributed by atoms with Crippen LogP contribution in [-0.2, 0) is 11.2 Å². The molecule has 0 aromatic heterocycles. The molecule has 0 spiro atoms. The summed E-state index contributed by atoms with van der Waals surface area (Å²) in [6.07, 6.45) is 3.65. The van der Waals surface area contributed by atoms with E-state index in [9.17, 15) is 4.79 Å². The van der Waals surface area contributed by atoms with Crippen LogP contribution in [0.5, 0.6) is 5.75 Å². The predicted octanol–water partition coefficient (Wildman–Crippen LogP) is 3.48. The van der Waals surface area contributed by atoms with Crippen molar-refractivity contribution >= 4 is 6.29 Å². The SMILES string of the molecule is CC(CC=O)c1cccc2c1OC(C)(C)CC2. The summed E-state index contributed by atoms with van der Waals surface area (Å²) in [6, 6.07) is 6.27. The summed E-state index contributed by atoms with van der Waals surface area (Å²) in [5.41, 5.74) is 2.35. The van der Waals surface area contributed by atoms with Gasteiger partial charge in [0.15, 0.2) is 0 Å². The third-order valence-corrected chi connectivity index (χ3v) is 3.48. The van der Waals surface area contributed by atoms with E-state index in [1.54, 1.807) is 0 Å². The maximum atomic E-state index is 10.6. The van der Waals surface area contributed by atoms with E-state index >= 15 is 0 Å². The van der Waals surface area contributed by atoms with Crippen LogP contribution in [0.2, 0.25) is 0 Å². The van der Waals surface area contributed by atoms with Crippen LogP contribution in [0.3, 0.4) is 0 Å². The largest absolute Gasteiger partial charge is 0.487 e. The van der Waals surface area contributed by atoms with Crippen LogP contribution in [0.4, 0.5) is 0 Å². The number of hydrogen-bond acceptors (Lipinski definition) is 2. The molecule has 0 amide bonds. The van der Waals surface area contributed by atoms with Crippen molar-refractivity contribution in [3.8, 4) is 5.75 Å². The molecule has 1 unspecified atom stereocenters. The minimum Gasteiger partial charge on any atom is -0.487 e. The lowest BCUT2D eigenvalue weighted by Gasteiger charge is -2.34. The number of fused-ring (bicyclic) bond motifs is 1. The van der Waals surface area contributed by atoms with Gasteiger partial charge in [0.2, 0.25) is 0 Å². The Balaban J connectivity index is 2.38. The second-order valence-corrected chi connectivity index (χ2v) is 5.50. The number of aryl methyl sites for hydroxylation is 1. The van der Waals surface area contributed by atoms with Gasteiger partial charge in [0.25, 0.3) is 0 Å². The molecular formula is C15H20O2. The average molecular weight is 232 g/mol. The van der Waals surface area contributed by atoms with Crippen LogP contribution in [0.1, 0.15) is 50.7 Å². The average Bonchev–Trinajstić information content (AvgIpc) is 2.27. The summed E-state index contributed by atoms with van der Waals surface area (Å²) in [5.74, 6) is 1.24. The van der Waals surface area contributed by atoms with Gasteiger partial charge in [-0.15, -0.1) is 0 Å². The molecular weight excluding hydrogens is 212 g/mol. The van der Waals surface area contributed by atoms with E-state index in [4.69, 9.17) is 4.74 Å². The lowest BCUT2D eigenvalue weighted by atomic mass is 9.89. The van der Waals surface area contributed by atoms with E-state index in [1.807, 2.05) is 0 Å². The van der Waals surface area contributed by atoms with Crippen LogP contribution >= 0.6 is 0 Å². The molecule has 2 rings (SSSR count). The summed E-state index contributed by atoms with van der Waals surface area (Å²) in [4.78, 5) is 10.6. The third-order valence-electron chi connectivity index (χ3n) is 3.48. The number of hydrogen-bond donors (Lipinski definition) is 0. The zero-order valence-corrected chi connectivity index (χ0v) is 10.8. The molecule has 0 radical (unpaired) electrons. The van der Waals surface area contributed by atoms with Gasteiger partial charge in [-0.2, -0.15) is 0 Å². The van der Waals surface area contributed by atoms with E-state index in [0.717, 1.165) is 24.9 Å². The zero-order chi connectivity index (χ0) is 12.5. The normalized spacial score (nSPS) is 19.0. The number of carbonyl (C=O) groups excluding carboxylic acids is 1. The first-order valence-electron chi connectivity index (χ1n) is 6.28. The van der Waals surface area contributed by atoms with E-state index in [1.165, 1.54) is 11.1 Å². The molecule has 0 fully saturated rings. The Bertz CT molecular complexity index is 421. The third kappa shape index (κ3) is 2.51. The highest BCUT2D eigenvalue weighted by molar-refractivity contribution is 5.54. The van der Waals surface area contributed by atoms with Gasteiger partial charge >= 0.3 is 0 Å². The molecule has 0 saturated carbocycles. The molecule has 1 aliphatic rings. The molecule has 0 N–H and O–H groups in total. The number of carbonyl (C=O) groups is 1.